The third-order valence-electron chi connectivity index (χ3n) is 3.36. The maximum Gasteiger partial charge on any atom is 0.247 e. The van der Waals surface area contributed by atoms with E-state index in [0.29, 0.717) is 17.5 Å². The lowest BCUT2D eigenvalue weighted by atomic mass is 10.1. The molecule has 1 heterocycles. The van der Waals surface area contributed by atoms with Crippen LogP contribution in [0.2, 0.25) is 0 Å². The number of nitrogens with zero attached hydrogens (tertiary/aromatic N) is 2. The van der Waals surface area contributed by atoms with E-state index in [1.54, 1.807) is 6.92 Å². The minimum Gasteiger partial charge on any atom is -0.418 e. The highest BCUT2D eigenvalue weighted by Crippen LogP contribution is 2.24. The number of aryl methyl sites for hydroxylation is 1. The third kappa shape index (κ3) is 3.53. The number of nitrogens with one attached hydrogen (secondary N) is 1. The molecular weight excluding hydrogens is 300 g/mol. The van der Waals surface area contributed by atoms with E-state index in [0.717, 1.165) is 17.2 Å². The summed E-state index contributed by atoms with van der Waals surface area (Å²) < 4.78 is 32.0. The molecule has 0 aliphatic heterocycles. The molecule has 2 aromatic carbocycles. The van der Waals surface area contributed by atoms with Crippen molar-refractivity contribution in [3.63, 3.8) is 0 Å². The van der Waals surface area contributed by atoms with E-state index < -0.39 is 11.6 Å². The minimum atomic E-state index is -0.648. The van der Waals surface area contributed by atoms with Gasteiger partial charge in [0, 0.05) is 17.3 Å². The van der Waals surface area contributed by atoms with E-state index in [-0.39, 0.29) is 6.04 Å². The van der Waals surface area contributed by atoms with Crippen LogP contribution in [0, 0.1) is 18.6 Å². The molecule has 0 unspecified atom stereocenters. The van der Waals surface area contributed by atoms with Gasteiger partial charge in [-0.05, 0) is 38.1 Å². The first-order valence-corrected chi connectivity index (χ1v) is 7.14. The van der Waals surface area contributed by atoms with Gasteiger partial charge >= 0.3 is 0 Å². The third-order valence-corrected chi connectivity index (χ3v) is 3.36. The largest absolute Gasteiger partial charge is 0.418 e. The monoisotopic (exact) mass is 315 g/mol. The first-order chi connectivity index (χ1) is 11.0. The Balaban J connectivity index is 1.78. The van der Waals surface area contributed by atoms with Gasteiger partial charge in [0.2, 0.25) is 11.8 Å². The SMILES string of the molecule is Cc1ccc(-c2nnc([C@H](C)Nc3cc(F)cc(F)c3)o2)cc1. The summed E-state index contributed by atoms with van der Waals surface area (Å²) in [7, 11) is 0. The van der Waals surface area contributed by atoms with Crippen molar-refractivity contribution < 1.29 is 13.2 Å². The molecule has 23 heavy (non-hydrogen) atoms. The fourth-order valence-corrected chi connectivity index (χ4v) is 2.17. The fourth-order valence-electron chi connectivity index (χ4n) is 2.17. The van der Waals surface area contributed by atoms with E-state index in [9.17, 15) is 8.78 Å². The molecule has 0 aliphatic carbocycles. The molecule has 0 radical (unpaired) electrons. The topological polar surface area (TPSA) is 51.0 Å². The Morgan fingerprint density at radius 3 is 2.30 bits per heavy atom. The van der Waals surface area contributed by atoms with Gasteiger partial charge in [-0.1, -0.05) is 17.7 Å². The van der Waals surface area contributed by atoms with Gasteiger partial charge < -0.3 is 9.73 Å². The molecule has 0 amide bonds. The standard InChI is InChI=1S/C17H15F2N3O/c1-10-3-5-12(6-4-10)17-22-21-16(23-17)11(2)20-15-8-13(18)7-14(19)9-15/h3-9,11,20H,1-2H3/t11-/m0/s1. The van der Waals surface area contributed by atoms with Gasteiger partial charge in [-0.15, -0.1) is 10.2 Å². The Hall–Kier alpha value is -2.76. The zero-order chi connectivity index (χ0) is 16.4. The van der Waals surface area contributed by atoms with Crippen molar-refractivity contribution in [2.24, 2.45) is 0 Å². The van der Waals surface area contributed by atoms with Gasteiger partial charge in [-0.2, -0.15) is 0 Å². The van der Waals surface area contributed by atoms with Crippen molar-refractivity contribution in [1.82, 2.24) is 10.2 Å². The molecule has 6 heteroatoms. The molecule has 0 bridgehead atoms. The van der Waals surface area contributed by atoms with Crippen molar-refractivity contribution >= 4 is 5.69 Å². The molecule has 0 fully saturated rings. The molecule has 0 saturated carbocycles. The summed E-state index contributed by atoms with van der Waals surface area (Å²) in [4.78, 5) is 0. The summed E-state index contributed by atoms with van der Waals surface area (Å²) in [5.41, 5.74) is 2.26. The molecule has 1 atom stereocenters. The van der Waals surface area contributed by atoms with E-state index in [1.807, 2.05) is 31.2 Å². The van der Waals surface area contributed by atoms with Crippen LogP contribution < -0.4 is 5.32 Å². The average molecular weight is 315 g/mol. The van der Waals surface area contributed by atoms with Gasteiger partial charge in [0.05, 0.1) is 0 Å². The smallest absolute Gasteiger partial charge is 0.247 e. The fraction of sp³-hybridized carbons (Fsp3) is 0.176. The van der Waals surface area contributed by atoms with E-state index in [2.05, 4.69) is 15.5 Å². The van der Waals surface area contributed by atoms with Crippen molar-refractivity contribution in [1.29, 1.82) is 0 Å². The number of aromatic nitrogens is 2. The Kier molecular flexibility index (Phi) is 4.06. The molecule has 1 N–H and O–H groups in total. The number of hydrogen-bond donors (Lipinski definition) is 1. The molecule has 1 aromatic heterocycles. The van der Waals surface area contributed by atoms with Crippen LogP contribution in [0.25, 0.3) is 11.5 Å². The summed E-state index contributed by atoms with van der Waals surface area (Å²) >= 11 is 0. The highest BCUT2D eigenvalue weighted by molar-refractivity contribution is 5.53. The van der Waals surface area contributed by atoms with E-state index >= 15 is 0 Å². The minimum absolute atomic E-state index is 0.310. The van der Waals surface area contributed by atoms with Crippen LogP contribution in [0.4, 0.5) is 14.5 Å². The lowest BCUT2D eigenvalue weighted by Gasteiger charge is -2.11. The number of hydrogen-bond acceptors (Lipinski definition) is 4. The molecule has 3 rings (SSSR count). The second-order valence-corrected chi connectivity index (χ2v) is 5.34. The molecule has 0 saturated heterocycles. The predicted octanol–water partition coefficient (Wildman–Crippen LogP) is 4.50. The molecular formula is C17H15F2N3O. The first kappa shape index (κ1) is 15.1. The lowest BCUT2D eigenvalue weighted by Crippen LogP contribution is -2.07. The van der Waals surface area contributed by atoms with Gasteiger partial charge in [-0.25, -0.2) is 8.78 Å². The van der Waals surface area contributed by atoms with Gasteiger partial charge in [0.25, 0.3) is 0 Å². The zero-order valence-corrected chi connectivity index (χ0v) is 12.7. The Labute approximate surface area is 132 Å². The van der Waals surface area contributed by atoms with Crippen LogP contribution >= 0.6 is 0 Å². The number of anilines is 1. The quantitative estimate of drug-likeness (QED) is 0.770. The summed E-state index contributed by atoms with van der Waals surface area (Å²) in [5.74, 6) is -0.555. The molecule has 3 aromatic rings. The summed E-state index contributed by atoms with van der Waals surface area (Å²) in [6.07, 6.45) is 0. The van der Waals surface area contributed by atoms with Crippen LogP contribution in [0.5, 0.6) is 0 Å². The second-order valence-electron chi connectivity index (χ2n) is 5.34. The summed E-state index contributed by atoms with van der Waals surface area (Å²) in [6, 6.07) is 10.5. The summed E-state index contributed by atoms with van der Waals surface area (Å²) in [6.45, 7) is 3.77. The molecule has 0 aliphatic rings. The normalized spacial score (nSPS) is 12.2. The number of halogens is 2. The van der Waals surface area contributed by atoms with Crippen molar-refractivity contribution in [2.75, 3.05) is 5.32 Å². The number of benzene rings is 2. The van der Waals surface area contributed by atoms with Gasteiger partial charge in [-0.3, -0.25) is 0 Å². The Morgan fingerprint density at radius 2 is 1.65 bits per heavy atom. The zero-order valence-electron chi connectivity index (χ0n) is 12.7. The molecule has 118 valence electrons. The van der Waals surface area contributed by atoms with Gasteiger partial charge in [0.15, 0.2) is 0 Å². The van der Waals surface area contributed by atoms with Crippen molar-refractivity contribution in [2.45, 2.75) is 19.9 Å². The lowest BCUT2D eigenvalue weighted by molar-refractivity contribution is 0.484. The van der Waals surface area contributed by atoms with Crippen LogP contribution in [0.3, 0.4) is 0 Å². The molecule has 4 nitrogen and oxygen atoms in total. The van der Waals surface area contributed by atoms with Crippen molar-refractivity contribution in [3.8, 4) is 11.5 Å². The van der Waals surface area contributed by atoms with Crippen LogP contribution in [-0.4, -0.2) is 10.2 Å². The van der Waals surface area contributed by atoms with Crippen LogP contribution in [0.1, 0.15) is 24.4 Å². The Morgan fingerprint density at radius 1 is 1.00 bits per heavy atom. The number of rotatable bonds is 4. The Bertz CT molecular complexity index is 795. The molecule has 0 spiro atoms. The van der Waals surface area contributed by atoms with Crippen molar-refractivity contribution in [3.05, 3.63) is 65.6 Å². The van der Waals surface area contributed by atoms with E-state index in [1.165, 1.54) is 12.1 Å². The maximum atomic E-state index is 13.2. The summed E-state index contributed by atoms with van der Waals surface area (Å²) in [5, 5.41) is 10.9. The van der Waals surface area contributed by atoms with E-state index in [4.69, 9.17) is 4.42 Å². The average Bonchev–Trinajstić information content (AvgIpc) is 2.97. The first-order valence-electron chi connectivity index (χ1n) is 7.14. The van der Waals surface area contributed by atoms with Gasteiger partial charge in [0.1, 0.15) is 17.7 Å². The van der Waals surface area contributed by atoms with Crippen LogP contribution in [0.15, 0.2) is 46.9 Å². The highest BCUT2D eigenvalue weighted by atomic mass is 19.1. The maximum absolute atomic E-state index is 13.2. The highest BCUT2D eigenvalue weighted by Gasteiger charge is 2.15. The second kappa shape index (κ2) is 6.16. The predicted molar refractivity (Wildman–Crippen MR) is 82.9 cm³/mol. The van der Waals surface area contributed by atoms with Crippen LogP contribution in [-0.2, 0) is 0 Å².